The Morgan fingerprint density at radius 2 is 1.95 bits per heavy atom. The van der Waals surface area contributed by atoms with E-state index in [0.29, 0.717) is 12.3 Å². The number of ether oxygens (including phenoxy) is 1. The third-order valence-corrected chi connectivity index (χ3v) is 2.57. The lowest BCUT2D eigenvalue weighted by Crippen LogP contribution is -2.04. The van der Waals surface area contributed by atoms with Gasteiger partial charge in [-0.15, -0.1) is 0 Å². The van der Waals surface area contributed by atoms with Gasteiger partial charge in [-0.05, 0) is 37.3 Å². The molecule has 0 unspecified atom stereocenters. The van der Waals surface area contributed by atoms with Gasteiger partial charge in [0.2, 0.25) is 0 Å². The molecule has 0 atom stereocenters. The molecular formula is C13H14F3N3O. The number of nitrogens with one attached hydrogen (secondary N) is 2. The smallest absolute Gasteiger partial charge is 0.435 e. The van der Waals surface area contributed by atoms with Gasteiger partial charge in [0.1, 0.15) is 5.75 Å². The molecule has 1 heterocycles. The molecular weight excluding hydrogens is 271 g/mol. The Kier molecular flexibility index (Phi) is 4.16. The average Bonchev–Trinajstić information content (AvgIpc) is 2.87. The third kappa shape index (κ3) is 3.66. The number of hydrogen-bond acceptors (Lipinski definition) is 3. The van der Waals surface area contributed by atoms with E-state index in [1.54, 1.807) is 24.3 Å². The highest BCUT2D eigenvalue weighted by Crippen LogP contribution is 2.27. The normalized spacial score (nSPS) is 11.4. The number of rotatable bonds is 5. The van der Waals surface area contributed by atoms with Crippen molar-refractivity contribution in [1.29, 1.82) is 0 Å². The summed E-state index contributed by atoms with van der Waals surface area (Å²) in [5.74, 6) is 0.749. The molecule has 1 aromatic heterocycles. The summed E-state index contributed by atoms with van der Waals surface area (Å²) in [4.78, 5) is 0. The van der Waals surface area contributed by atoms with E-state index < -0.39 is 11.9 Å². The van der Waals surface area contributed by atoms with Crippen LogP contribution in [0.15, 0.2) is 30.3 Å². The Hall–Kier alpha value is -2.18. The molecule has 0 aliphatic heterocycles. The number of alkyl halides is 3. The average molecular weight is 285 g/mol. The highest BCUT2D eigenvalue weighted by molar-refractivity contribution is 5.46. The minimum atomic E-state index is -4.42. The van der Waals surface area contributed by atoms with Gasteiger partial charge in [0.05, 0.1) is 18.8 Å². The first-order chi connectivity index (χ1) is 9.49. The first-order valence-electron chi connectivity index (χ1n) is 6.07. The van der Waals surface area contributed by atoms with Gasteiger partial charge in [-0.25, -0.2) is 0 Å². The highest BCUT2D eigenvalue weighted by atomic mass is 19.4. The summed E-state index contributed by atoms with van der Waals surface area (Å²) < 4.78 is 42.4. The number of benzene rings is 1. The summed E-state index contributed by atoms with van der Waals surface area (Å²) in [5.41, 5.74) is 0.240. The molecule has 0 aliphatic rings. The molecule has 2 aromatic rings. The minimum absolute atomic E-state index is 0.233. The van der Waals surface area contributed by atoms with Crippen molar-refractivity contribution in [2.24, 2.45) is 0 Å². The maximum Gasteiger partial charge on any atom is 0.435 e. The third-order valence-electron chi connectivity index (χ3n) is 2.57. The Bertz CT molecular complexity index is 549. The Balaban J connectivity index is 1.93. The number of hydrogen-bond donors (Lipinski definition) is 2. The predicted molar refractivity (Wildman–Crippen MR) is 68.5 cm³/mol. The van der Waals surface area contributed by atoms with Crippen molar-refractivity contribution >= 4 is 5.69 Å². The fourth-order valence-corrected chi connectivity index (χ4v) is 1.63. The number of nitrogens with zero attached hydrogens (tertiary/aromatic N) is 1. The van der Waals surface area contributed by atoms with Crippen molar-refractivity contribution in [3.8, 4) is 5.75 Å². The second-order valence-corrected chi connectivity index (χ2v) is 4.09. The maximum absolute atomic E-state index is 12.4. The van der Waals surface area contributed by atoms with Gasteiger partial charge in [0.25, 0.3) is 0 Å². The van der Waals surface area contributed by atoms with Crippen molar-refractivity contribution in [3.63, 3.8) is 0 Å². The van der Waals surface area contributed by atoms with Crippen LogP contribution in [0.25, 0.3) is 0 Å². The van der Waals surface area contributed by atoms with Crippen LogP contribution in [-0.2, 0) is 12.7 Å². The molecule has 2 N–H and O–H groups in total. The summed E-state index contributed by atoms with van der Waals surface area (Å²) >= 11 is 0. The van der Waals surface area contributed by atoms with Crippen molar-refractivity contribution in [2.75, 3.05) is 11.9 Å². The number of anilines is 1. The predicted octanol–water partition coefficient (Wildman–Crippen LogP) is 3.44. The van der Waals surface area contributed by atoms with E-state index in [2.05, 4.69) is 15.5 Å². The molecule has 0 saturated carbocycles. The Morgan fingerprint density at radius 1 is 1.25 bits per heavy atom. The first kappa shape index (κ1) is 14.2. The van der Waals surface area contributed by atoms with Crippen LogP contribution in [-0.4, -0.2) is 16.8 Å². The van der Waals surface area contributed by atoms with Crippen LogP contribution in [0.2, 0.25) is 0 Å². The molecule has 20 heavy (non-hydrogen) atoms. The van der Waals surface area contributed by atoms with Crippen LogP contribution in [0.1, 0.15) is 18.3 Å². The molecule has 0 fully saturated rings. The van der Waals surface area contributed by atoms with Crippen LogP contribution in [0.4, 0.5) is 18.9 Å². The number of aromatic amines is 1. The number of aromatic nitrogens is 2. The molecule has 7 heteroatoms. The highest BCUT2D eigenvalue weighted by Gasteiger charge is 2.33. The topological polar surface area (TPSA) is 49.9 Å². The lowest BCUT2D eigenvalue weighted by molar-refractivity contribution is -0.141. The van der Waals surface area contributed by atoms with Crippen molar-refractivity contribution in [2.45, 2.75) is 19.6 Å². The monoisotopic (exact) mass is 285 g/mol. The van der Waals surface area contributed by atoms with Crippen molar-refractivity contribution in [3.05, 3.63) is 41.7 Å². The fourth-order valence-electron chi connectivity index (χ4n) is 1.63. The zero-order chi connectivity index (χ0) is 14.6. The van der Waals surface area contributed by atoms with E-state index in [4.69, 9.17) is 4.74 Å². The van der Waals surface area contributed by atoms with Gasteiger partial charge >= 0.3 is 6.18 Å². The van der Waals surface area contributed by atoms with Crippen molar-refractivity contribution in [1.82, 2.24) is 10.2 Å². The number of halogens is 3. The molecule has 0 aliphatic carbocycles. The summed E-state index contributed by atoms with van der Waals surface area (Å²) in [6, 6.07) is 8.17. The molecule has 0 bridgehead atoms. The van der Waals surface area contributed by atoms with Gasteiger partial charge in [-0.3, -0.25) is 5.10 Å². The zero-order valence-corrected chi connectivity index (χ0v) is 10.8. The molecule has 2 rings (SSSR count). The molecule has 108 valence electrons. The van der Waals surface area contributed by atoms with Crippen LogP contribution in [0, 0.1) is 0 Å². The van der Waals surface area contributed by atoms with E-state index in [9.17, 15) is 13.2 Å². The molecule has 0 saturated heterocycles. The van der Waals surface area contributed by atoms with E-state index in [1.807, 2.05) is 6.92 Å². The van der Waals surface area contributed by atoms with Crippen molar-refractivity contribution < 1.29 is 17.9 Å². The van der Waals surface area contributed by atoms with E-state index in [0.717, 1.165) is 17.5 Å². The largest absolute Gasteiger partial charge is 0.494 e. The van der Waals surface area contributed by atoms with Crippen LogP contribution >= 0.6 is 0 Å². The maximum atomic E-state index is 12.4. The van der Waals surface area contributed by atoms with E-state index >= 15 is 0 Å². The summed E-state index contributed by atoms with van der Waals surface area (Å²) in [6.45, 7) is 2.71. The molecule has 0 amide bonds. The summed E-state index contributed by atoms with van der Waals surface area (Å²) in [5, 5.41) is 8.59. The standard InChI is InChI=1S/C13H14F3N3O/c1-2-20-11-5-3-9(4-6-11)17-8-10-7-12(19-18-10)13(14,15)16/h3-7,17H,2,8H2,1H3,(H,18,19). The second-order valence-electron chi connectivity index (χ2n) is 4.09. The number of H-pyrrole nitrogens is 1. The van der Waals surface area contributed by atoms with Gasteiger partial charge in [0.15, 0.2) is 5.69 Å². The van der Waals surface area contributed by atoms with Gasteiger partial charge in [-0.2, -0.15) is 18.3 Å². The zero-order valence-electron chi connectivity index (χ0n) is 10.8. The van der Waals surface area contributed by atoms with Crippen LogP contribution < -0.4 is 10.1 Å². The lowest BCUT2D eigenvalue weighted by Gasteiger charge is -2.06. The molecule has 1 aromatic carbocycles. The summed E-state index contributed by atoms with van der Waals surface area (Å²) in [6.07, 6.45) is -4.42. The quantitative estimate of drug-likeness (QED) is 0.884. The molecule has 4 nitrogen and oxygen atoms in total. The first-order valence-corrected chi connectivity index (χ1v) is 6.07. The van der Waals surface area contributed by atoms with Crippen LogP contribution in [0.3, 0.4) is 0 Å². The SMILES string of the molecule is CCOc1ccc(NCc2cc(C(F)(F)F)n[nH]2)cc1. The second kappa shape index (κ2) is 5.85. The van der Waals surface area contributed by atoms with E-state index in [-0.39, 0.29) is 6.54 Å². The Labute approximate surface area is 114 Å². The molecule has 0 radical (unpaired) electrons. The van der Waals surface area contributed by atoms with Gasteiger partial charge in [-0.1, -0.05) is 0 Å². The minimum Gasteiger partial charge on any atom is -0.494 e. The molecule has 0 spiro atoms. The lowest BCUT2D eigenvalue weighted by atomic mass is 10.3. The van der Waals surface area contributed by atoms with Gasteiger partial charge in [0, 0.05) is 5.69 Å². The van der Waals surface area contributed by atoms with Crippen LogP contribution in [0.5, 0.6) is 5.75 Å². The van der Waals surface area contributed by atoms with E-state index in [1.165, 1.54) is 0 Å². The Morgan fingerprint density at radius 3 is 2.50 bits per heavy atom. The fraction of sp³-hybridized carbons (Fsp3) is 0.308. The van der Waals surface area contributed by atoms with Gasteiger partial charge < -0.3 is 10.1 Å². The summed E-state index contributed by atoms with van der Waals surface area (Å²) in [7, 11) is 0.